The van der Waals surface area contributed by atoms with E-state index in [0.717, 1.165) is 63.0 Å². The van der Waals surface area contributed by atoms with Crippen LogP contribution in [0.3, 0.4) is 0 Å². The van der Waals surface area contributed by atoms with Crippen LogP contribution in [0.1, 0.15) is 119 Å². The monoisotopic (exact) mass is 690 g/mol. The Labute approximate surface area is 299 Å². The molecule has 0 saturated heterocycles. The Kier molecular flexibility index (Phi) is 19.9. The number of amides is 1. The van der Waals surface area contributed by atoms with Crippen LogP contribution in [0.25, 0.3) is 5.70 Å². The van der Waals surface area contributed by atoms with Gasteiger partial charge in [0.25, 0.3) is 0 Å². The second-order valence-corrected chi connectivity index (χ2v) is 15.3. The van der Waals surface area contributed by atoms with Gasteiger partial charge in [0.05, 0.1) is 37.6 Å². The van der Waals surface area contributed by atoms with Crippen LogP contribution in [-0.2, 0) is 35.1 Å². The molecule has 282 valence electrons. The molecule has 1 aromatic carbocycles. The van der Waals surface area contributed by atoms with Crippen LogP contribution in [0, 0.1) is 5.41 Å². The molecule has 0 bridgehead atoms. The summed E-state index contributed by atoms with van der Waals surface area (Å²) in [4.78, 5) is 26.6. The summed E-state index contributed by atoms with van der Waals surface area (Å²) in [6, 6.07) is 8.61. The van der Waals surface area contributed by atoms with Gasteiger partial charge in [0.1, 0.15) is 12.4 Å². The van der Waals surface area contributed by atoms with Crippen LogP contribution < -0.4 is 10.6 Å². The SMILES string of the molecule is C=C(NCCC(C)(CC)OCCOCC(=O)NC(C)(CC)C(C)(C)CCOCCOC(C)(C)CC(C)=O)c1ccc(CN(C)CCC)cc1. The van der Waals surface area contributed by atoms with Crippen molar-refractivity contribution in [3.05, 3.63) is 42.0 Å². The van der Waals surface area contributed by atoms with Gasteiger partial charge in [-0.15, -0.1) is 0 Å². The normalized spacial score (nSPS) is 14.7. The highest BCUT2D eigenvalue weighted by atomic mass is 16.5. The number of nitrogens with one attached hydrogen (secondary N) is 2. The van der Waals surface area contributed by atoms with E-state index in [1.54, 1.807) is 6.92 Å². The molecule has 49 heavy (non-hydrogen) atoms. The minimum atomic E-state index is -0.490. The zero-order valence-corrected chi connectivity index (χ0v) is 33.0. The van der Waals surface area contributed by atoms with E-state index in [9.17, 15) is 9.59 Å². The standard InChI is InChI=1S/C40H71N3O6/c1-13-23-43(12)30-34-16-18-35(19-17-34)33(5)41-22-20-39(10,14-2)49-28-26-47-31-36(45)42-40(11,15-3)37(6,7)21-24-46-25-27-48-38(8,9)29-32(4)44/h16-19,41H,5,13-15,20-31H2,1-4,6-12H3,(H,42,45). The molecule has 1 amide bonds. The van der Waals surface area contributed by atoms with Gasteiger partial charge in [-0.05, 0) is 96.9 Å². The van der Waals surface area contributed by atoms with Crippen molar-refractivity contribution in [2.45, 2.75) is 131 Å². The molecule has 2 atom stereocenters. The zero-order valence-electron chi connectivity index (χ0n) is 33.0. The molecule has 0 aliphatic carbocycles. The summed E-state index contributed by atoms with van der Waals surface area (Å²) >= 11 is 0. The highest BCUT2D eigenvalue weighted by molar-refractivity contribution is 5.78. The van der Waals surface area contributed by atoms with Crippen LogP contribution >= 0.6 is 0 Å². The highest BCUT2D eigenvalue weighted by Gasteiger charge is 2.40. The van der Waals surface area contributed by atoms with E-state index < -0.39 is 11.1 Å². The molecule has 0 spiro atoms. The average molecular weight is 690 g/mol. The summed E-state index contributed by atoms with van der Waals surface area (Å²) in [5, 5.41) is 6.69. The maximum Gasteiger partial charge on any atom is 0.246 e. The summed E-state index contributed by atoms with van der Waals surface area (Å²) in [6.07, 6.45) is 4.75. The van der Waals surface area contributed by atoms with E-state index in [1.807, 2.05) is 13.8 Å². The molecule has 0 aromatic heterocycles. The molecule has 2 unspecified atom stereocenters. The predicted octanol–water partition coefficient (Wildman–Crippen LogP) is 7.17. The zero-order chi connectivity index (χ0) is 37.1. The van der Waals surface area contributed by atoms with Crippen LogP contribution in [0.15, 0.2) is 30.8 Å². The molecule has 9 heteroatoms. The quantitative estimate of drug-likeness (QED) is 0.0894. The Morgan fingerprint density at radius 2 is 1.47 bits per heavy atom. The van der Waals surface area contributed by atoms with E-state index in [-0.39, 0.29) is 29.3 Å². The first kappa shape index (κ1) is 44.7. The molecular formula is C40H71N3O6. The van der Waals surface area contributed by atoms with E-state index >= 15 is 0 Å². The van der Waals surface area contributed by atoms with Crippen LogP contribution in [0.2, 0.25) is 0 Å². The van der Waals surface area contributed by atoms with Gasteiger partial charge >= 0.3 is 0 Å². The number of ether oxygens (including phenoxy) is 4. The molecule has 0 radical (unpaired) electrons. The average Bonchev–Trinajstić information content (AvgIpc) is 3.02. The van der Waals surface area contributed by atoms with E-state index in [1.165, 1.54) is 5.56 Å². The molecule has 9 nitrogen and oxygen atoms in total. The molecule has 1 rings (SSSR count). The predicted molar refractivity (Wildman–Crippen MR) is 202 cm³/mol. The number of nitrogens with zero attached hydrogens (tertiary/aromatic N) is 1. The van der Waals surface area contributed by atoms with Gasteiger partial charge in [-0.25, -0.2) is 0 Å². The van der Waals surface area contributed by atoms with Crippen LogP contribution in [-0.4, -0.2) is 93.1 Å². The molecule has 0 saturated carbocycles. The Morgan fingerprint density at radius 1 is 0.837 bits per heavy atom. The minimum Gasteiger partial charge on any atom is -0.385 e. The first-order valence-corrected chi connectivity index (χ1v) is 18.4. The topological polar surface area (TPSA) is 98.4 Å². The maximum absolute atomic E-state index is 12.9. The Hall–Kier alpha value is -2.30. The Morgan fingerprint density at radius 3 is 2.06 bits per heavy atom. The summed E-state index contributed by atoms with van der Waals surface area (Å²) < 4.78 is 23.6. The molecule has 0 aliphatic rings. The van der Waals surface area contributed by atoms with Crippen LogP contribution in [0.4, 0.5) is 0 Å². The fraction of sp³-hybridized carbons (Fsp3) is 0.750. The van der Waals surface area contributed by atoms with Crippen molar-refractivity contribution >= 4 is 17.4 Å². The van der Waals surface area contributed by atoms with Crippen molar-refractivity contribution < 1.29 is 28.5 Å². The van der Waals surface area contributed by atoms with Gasteiger partial charge in [0.15, 0.2) is 0 Å². The lowest BCUT2D eigenvalue weighted by molar-refractivity contribution is -0.131. The number of rotatable bonds is 28. The summed E-state index contributed by atoms with van der Waals surface area (Å²) in [6.45, 7) is 29.5. The lowest BCUT2D eigenvalue weighted by Gasteiger charge is -2.44. The second-order valence-electron chi connectivity index (χ2n) is 15.3. The van der Waals surface area contributed by atoms with Gasteiger partial charge in [-0.2, -0.15) is 0 Å². The van der Waals surface area contributed by atoms with E-state index in [4.69, 9.17) is 18.9 Å². The van der Waals surface area contributed by atoms with Crippen molar-refractivity contribution in [2.75, 3.05) is 59.8 Å². The number of Topliss-reactive ketones (excluding diaryl/α,β-unsaturated/α-hetero) is 1. The van der Waals surface area contributed by atoms with Gasteiger partial charge in [-0.3, -0.25) is 9.59 Å². The molecule has 2 N–H and O–H groups in total. The Balaban J connectivity index is 2.40. The summed E-state index contributed by atoms with van der Waals surface area (Å²) in [5.74, 6) is -0.0289. The van der Waals surface area contributed by atoms with Gasteiger partial charge in [0, 0.05) is 37.4 Å². The third-order valence-electron chi connectivity index (χ3n) is 9.89. The first-order chi connectivity index (χ1) is 22.9. The van der Waals surface area contributed by atoms with E-state index in [2.05, 4.69) is 102 Å². The molecule has 0 aliphatic heterocycles. The summed E-state index contributed by atoms with van der Waals surface area (Å²) in [7, 11) is 2.15. The third-order valence-corrected chi connectivity index (χ3v) is 9.89. The number of hydrogen-bond acceptors (Lipinski definition) is 8. The Bertz CT molecular complexity index is 1120. The van der Waals surface area contributed by atoms with Crippen LogP contribution in [0.5, 0.6) is 0 Å². The molecular weight excluding hydrogens is 618 g/mol. The second kappa shape index (κ2) is 21.8. The number of benzene rings is 1. The number of hydrogen-bond donors (Lipinski definition) is 2. The van der Waals surface area contributed by atoms with Crippen molar-refractivity contribution in [1.82, 2.24) is 15.5 Å². The molecule has 0 fully saturated rings. The van der Waals surface area contributed by atoms with Gasteiger partial charge in [0.2, 0.25) is 5.91 Å². The lowest BCUT2D eigenvalue weighted by Crippen LogP contribution is -2.56. The highest BCUT2D eigenvalue weighted by Crippen LogP contribution is 2.36. The van der Waals surface area contributed by atoms with Crippen molar-refractivity contribution in [1.29, 1.82) is 0 Å². The van der Waals surface area contributed by atoms with Crippen molar-refractivity contribution in [3.8, 4) is 0 Å². The van der Waals surface area contributed by atoms with Crippen molar-refractivity contribution in [3.63, 3.8) is 0 Å². The first-order valence-electron chi connectivity index (χ1n) is 18.4. The number of carbonyl (C=O) groups is 2. The van der Waals surface area contributed by atoms with Gasteiger partial charge < -0.3 is 34.5 Å². The fourth-order valence-electron chi connectivity index (χ4n) is 5.84. The lowest BCUT2D eigenvalue weighted by atomic mass is 9.69. The van der Waals surface area contributed by atoms with Gasteiger partial charge in [-0.1, -0.05) is 65.5 Å². The van der Waals surface area contributed by atoms with E-state index in [0.29, 0.717) is 39.5 Å². The fourth-order valence-corrected chi connectivity index (χ4v) is 5.84. The minimum absolute atomic E-state index is 0.0170. The third kappa shape index (κ3) is 17.5. The molecule has 0 heterocycles. The smallest absolute Gasteiger partial charge is 0.246 e. The summed E-state index contributed by atoms with van der Waals surface area (Å²) in [5.41, 5.74) is 1.86. The number of ketones is 1. The molecule has 1 aromatic rings. The number of carbonyl (C=O) groups excluding carboxylic acids is 2. The largest absolute Gasteiger partial charge is 0.385 e. The maximum atomic E-state index is 12.9. The van der Waals surface area contributed by atoms with Crippen molar-refractivity contribution in [2.24, 2.45) is 5.41 Å².